The molecule has 65 valence electrons. The van der Waals surface area contributed by atoms with Gasteiger partial charge in [0.05, 0.1) is 12.9 Å². The zero-order valence-corrected chi connectivity index (χ0v) is 7.73. The van der Waals surface area contributed by atoms with Gasteiger partial charge in [0.15, 0.2) is 0 Å². The van der Waals surface area contributed by atoms with Gasteiger partial charge in [-0.1, -0.05) is 20.3 Å². The Kier molecular flexibility index (Phi) is 7.33. The Hall–Kier alpha value is -0.460. The Morgan fingerprint density at radius 1 is 1.45 bits per heavy atom. The van der Waals surface area contributed by atoms with Crippen molar-refractivity contribution in [2.24, 2.45) is 0 Å². The van der Waals surface area contributed by atoms with Crippen molar-refractivity contribution in [3.05, 3.63) is 18.8 Å². The molecule has 1 radical (unpaired) electrons. The lowest BCUT2D eigenvalue weighted by atomic mass is 10.1. The van der Waals surface area contributed by atoms with Crippen molar-refractivity contribution in [1.29, 1.82) is 0 Å². The van der Waals surface area contributed by atoms with E-state index in [4.69, 9.17) is 4.74 Å². The fourth-order valence-electron chi connectivity index (χ4n) is 0.900. The molecular weight excluding hydrogens is 136 g/mol. The van der Waals surface area contributed by atoms with Crippen LogP contribution in [0.15, 0.2) is 11.8 Å². The Morgan fingerprint density at radius 2 is 2.18 bits per heavy atom. The second kappa shape index (κ2) is 7.64. The van der Waals surface area contributed by atoms with Crippen molar-refractivity contribution < 1.29 is 4.74 Å². The summed E-state index contributed by atoms with van der Waals surface area (Å²) in [5, 5.41) is 0. The van der Waals surface area contributed by atoms with Crippen LogP contribution < -0.4 is 0 Å². The second-order valence-corrected chi connectivity index (χ2v) is 2.60. The Balaban J connectivity index is 3.55. The van der Waals surface area contributed by atoms with Crippen LogP contribution in [0.1, 0.15) is 39.5 Å². The van der Waals surface area contributed by atoms with Crippen LogP contribution in [0.4, 0.5) is 0 Å². The summed E-state index contributed by atoms with van der Waals surface area (Å²) in [5.41, 5.74) is 1.40. The molecule has 0 aliphatic carbocycles. The van der Waals surface area contributed by atoms with E-state index in [1.54, 1.807) is 0 Å². The zero-order valence-electron chi connectivity index (χ0n) is 7.73. The van der Waals surface area contributed by atoms with E-state index in [9.17, 15) is 0 Å². The highest BCUT2D eigenvalue weighted by molar-refractivity contribution is 4.96. The van der Waals surface area contributed by atoms with Crippen molar-refractivity contribution in [3.63, 3.8) is 0 Å². The zero-order chi connectivity index (χ0) is 8.53. The van der Waals surface area contributed by atoms with Gasteiger partial charge in [-0.3, -0.25) is 0 Å². The molecule has 1 nitrogen and oxygen atoms in total. The highest BCUT2D eigenvalue weighted by Crippen LogP contribution is 2.10. The van der Waals surface area contributed by atoms with Gasteiger partial charge in [0.1, 0.15) is 0 Å². The van der Waals surface area contributed by atoms with Gasteiger partial charge in [-0.05, 0) is 31.8 Å². The van der Waals surface area contributed by atoms with Crippen molar-refractivity contribution in [1.82, 2.24) is 0 Å². The molecule has 11 heavy (non-hydrogen) atoms. The number of rotatable bonds is 6. The molecular formula is C10H19O. The van der Waals surface area contributed by atoms with E-state index in [-0.39, 0.29) is 0 Å². The molecule has 0 N–H and O–H groups in total. The summed E-state index contributed by atoms with van der Waals surface area (Å²) >= 11 is 0. The minimum Gasteiger partial charge on any atom is -0.501 e. The summed E-state index contributed by atoms with van der Waals surface area (Å²) in [6.45, 7) is 8.51. The first-order valence-electron chi connectivity index (χ1n) is 4.43. The van der Waals surface area contributed by atoms with Crippen LogP contribution >= 0.6 is 0 Å². The molecule has 0 unspecified atom stereocenters. The van der Waals surface area contributed by atoms with Crippen LogP contribution in [0.5, 0.6) is 0 Å². The maximum atomic E-state index is 5.11. The fourth-order valence-corrected chi connectivity index (χ4v) is 0.900. The number of hydrogen-bond acceptors (Lipinski definition) is 1. The third-order valence-corrected chi connectivity index (χ3v) is 1.67. The van der Waals surface area contributed by atoms with Gasteiger partial charge < -0.3 is 4.74 Å². The largest absolute Gasteiger partial charge is 0.501 e. The van der Waals surface area contributed by atoms with Gasteiger partial charge >= 0.3 is 0 Å². The molecule has 0 saturated carbocycles. The topological polar surface area (TPSA) is 9.23 Å². The number of hydrogen-bond donors (Lipinski definition) is 0. The van der Waals surface area contributed by atoms with Crippen LogP contribution in [0.25, 0.3) is 0 Å². The van der Waals surface area contributed by atoms with Gasteiger partial charge in [-0.25, -0.2) is 0 Å². The van der Waals surface area contributed by atoms with Crippen molar-refractivity contribution >= 4 is 0 Å². The van der Waals surface area contributed by atoms with E-state index >= 15 is 0 Å². The molecule has 0 atom stereocenters. The average Bonchev–Trinajstić information content (AvgIpc) is 2.05. The van der Waals surface area contributed by atoms with Crippen LogP contribution in [0.3, 0.4) is 0 Å². The first-order valence-corrected chi connectivity index (χ1v) is 4.43. The molecule has 0 fully saturated rings. The van der Waals surface area contributed by atoms with Crippen LogP contribution in [-0.2, 0) is 4.74 Å². The normalized spacial score (nSPS) is 11.7. The van der Waals surface area contributed by atoms with Crippen LogP contribution in [-0.4, -0.2) is 6.61 Å². The van der Waals surface area contributed by atoms with Gasteiger partial charge in [-0.15, -0.1) is 0 Å². The minimum absolute atomic E-state index is 0.537. The van der Waals surface area contributed by atoms with Gasteiger partial charge in [-0.2, -0.15) is 0 Å². The summed E-state index contributed by atoms with van der Waals surface area (Å²) in [4.78, 5) is 0. The first-order chi connectivity index (χ1) is 5.35. The van der Waals surface area contributed by atoms with Crippen LogP contribution in [0, 0.1) is 6.92 Å². The maximum Gasteiger partial charge on any atom is 0.0874 e. The molecule has 0 bridgehead atoms. The molecule has 0 saturated heterocycles. The van der Waals surface area contributed by atoms with Crippen LogP contribution in [0.2, 0.25) is 0 Å². The first kappa shape index (κ1) is 10.5. The predicted molar refractivity (Wildman–Crippen MR) is 49.2 cm³/mol. The average molecular weight is 155 g/mol. The molecule has 0 aliphatic heterocycles. The molecule has 0 aromatic heterocycles. The second-order valence-electron chi connectivity index (χ2n) is 2.60. The highest BCUT2D eigenvalue weighted by atomic mass is 16.5. The van der Waals surface area contributed by atoms with E-state index < -0.39 is 0 Å². The Labute approximate surface area is 70.4 Å². The van der Waals surface area contributed by atoms with Gasteiger partial charge in [0, 0.05) is 0 Å². The van der Waals surface area contributed by atoms with E-state index in [0.29, 0.717) is 6.61 Å². The Bertz CT molecular complexity index is 105. The molecule has 1 heteroatoms. The van der Waals surface area contributed by atoms with Crippen molar-refractivity contribution in [2.75, 3.05) is 6.61 Å². The summed E-state index contributed by atoms with van der Waals surface area (Å²) in [5.74, 6) is 0. The van der Waals surface area contributed by atoms with Gasteiger partial charge in [0.25, 0.3) is 0 Å². The smallest absolute Gasteiger partial charge is 0.0874 e. The summed E-state index contributed by atoms with van der Waals surface area (Å²) in [7, 11) is 0. The predicted octanol–water partition coefficient (Wildman–Crippen LogP) is 3.32. The quantitative estimate of drug-likeness (QED) is 0.535. The molecule has 0 rings (SSSR count). The minimum atomic E-state index is 0.537. The standard InChI is InChI=1S/C10H19O/c1-4-7-8-10(5-2)9-11-6-3/h9H,3-8H2,1-2H3. The molecule has 0 aromatic rings. The molecule has 0 heterocycles. The summed E-state index contributed by atoms with van der Waals surface area (Å²) < 4.78 is 5.11. The lowest BCUT2D eigenvalue weighted by Gasteiger charge is -2.02. The molecule has 0 aromatic carbocycles. The number of ether oxygens (including phenoxy) is 1. The third kappa shape index (κ3) is 5.96. The lowest BCUT2D eigenvalue weighted by Crippen LogP contribution is -1.86. The van der Waals surface area contributed by atoms with Crippen molar-refractivity contribution in [3.8, 4) is 0 Å². The molecule has 0 spiro atoms. The SMILES string of the molecule is [CH2]COC=C(CC)CCCC. The Morgan fingerprint density at radius 3 is 2.64 bits per heavy atom. The highest BCUT2D eigenvalue weighted by Gasteiger charge is 1.92. The molecule has 0 amide bonds. The van der Waals surface area contributed by atoms with Gasteiger partial charge in [0.2, 0.25) is 0 Å². The summed E-state index contributed by atoms with van der Waals surface area (Å²) in [6, 6.07) is 0. The fraction of sp³-hybridized carbons (Fsp3) is 0.700. The summed E-state index contributed by atoms with van der Waals surface area (Å²) in [6.07, 6.45) is 6.65. The van der Waals surface area contributed by atoms with E-state index in [1.165, 1.54) is 24.8 Å². The number of allylic oxidation sites excluding steroid dienone is 1. The van der Waals surface area contributed by atoms with E-state index in [1.807, 2.05) is 6.26 Å². The lowest BCUT2D eigenvalue weighted by molar-refractivity contribution is 0.282. The molecule has 0 aliphatic rings. The maximum absolute atomic E-state index is 5.11. The monoisotopic (exact) mass is 155 g/mol. The number of unbranched alkanes of at least 4 members (excludes halogenated alkanes) is 1. The van der Waals surface area contributed by atoms with Crippen molar-refractivity contribution in [2.45, 2.75) is 39.5 Å². The van der Waals surface area contributed by atoms with E-state index in [2.05, 4.69) is 20.8 Å². The van der Waals surface area contributed by atoms with E-state index in [0.717, 1.165) is 6.42 Å². The third-order valence-electron chi connectivity index (χ3n) is 1.67.